The number of aromatic nitrogens is 3. The zero-order valence-electron chi connectivity index (χ0n) is 15.6. The number of hydrogen-bond acceptors (Lipinski definition) is 8. The van der Waals surface area contributed by atoms with Crippen LogP contribution in [0.15, 0.2) is 53.2 Å². The van der Waals surface area contributed by atoms with Crippen molar-refractivity contribution in [3.8, 4) is 11.5 Å². The zero-order chi connectivity index (χ0) is 20.6. The molecule has 0 aliphatic heterocycles. The highest BCUT2D eigenvalue weighted by molar-refractivity contribution is 6.04. The Morgan fingerprint density at radius 2 is 1.90 bits per heavy atom. The van der Waals surface area contributed by atoms with E-state index in [0.717, 1.165) is 0 Å². The predicted molar refractivity (Wildman–Crippen MR) is 102 cm³/mol. The highest BCUT2D eigenvalue weighted by atomic mass is 16.5. The first-order valence-electron chi connectivity index (χ1n) is 8.82. The number of hydrogen-bond donors (Lipinski definition) is 1. The number of pyridine rings is 1. The van der Waals surface area contributed by atoms with Gasteiger partial charge in [-0.15, -0.1) is 0 Å². The Hall–Kier alpha value is -3.88. The van der Waals surface area contributed by atoms with E-state index >= 15 is 0 Å². The Bertz CT molecular complexity index is 1020. The quantitative estimate of drug-likeness (QED) is 0.456. The van der Waals surface area contributed by atoms with Gasteiger partial charge in [0.1, 0.15) is 5.69 Å². The summed E-state index contributed by atoms with van der Waals surface area (Å²) in [5.41, 5.74) is 1.31. The molecule has 3 rings (SSSR count). The number of esters is 1. The standard InChI is InChI=1S/C20H18N4O5/c1-13(25)14-6-2-3-7-15(14)22-17(26)12-28-19(27)10-9-18-23-20(24-29-18)16-8-4-5-11-21-16/h2-8,11H,9-10,12H2,1H3,(H,22,26). The summed E-state index contributed by atoms with van der Waals surface area (Å²) < 4.78 is 10.0. The molecule has 9 heteroatoms. The number of nitrogens with one attached hydrogen (secondary N) is 1. The summed E-state index contributed by atoms with van der Waals surface area (Å²) in [6, 6.07) is 11.9. The number of aryl methyl sites for hydroxylation is 1. The number of carbonyl (C=O) groups excluding carboxylic acids is 3. The van der Waals surface area contributed by atoms with Crippen LogP contribution in [0.25, 0.3) is 11.5 Å². The van der Waals surface area contributed by atoms with Gasteiger partial charge in [0.15, 0.2) is 12.4 Å². The maximum absolute atomic E-state index is 12.0. The van der Waals surface area contributed by atoms with Crippen LogP contribution in [0.1, 0.15) is 29.6 Å². The Morgan fingerprint density at radius 1 is 1.10 bits per heavy atom. The fourth-order valence-electron chi connectivity index (χ4n) is 2.47. The third kappa shape index (κ3) is 5.55. The van der Waals surface area contributed by atoms with E-state index < -0.39 is 18.5 Å². The van der Waals surface area contributed by atoms with Crippen LogP contribution in [0, 0.1) is 0 Å². The minimum atomic E-state index is -0.586. The zero-order valence-corrected chi connectivity index (χ0v) is 15.6. The van der Waals surface area contributed by atoms with Crippen molar-refractivity contribution in [2.75, 3.05) is 11.9 Å². The molecule has 0 bridgehead atoms. The van der Waals surface area contributed by atoms with Gasteiger partial charge >= 0.3 is 5.97 Å². The van der Waals surface area contributed by atoms with Crippen LogP contribution >= 0.6 is 0 Å². The molecule has 0 saturated carbocycles. The number of benzene rings is 1. The highest BCUT2D eigenvalue weighted by Crippen LogP contribution is 2.15. The van der Waals surface area contributed by atoms with Gasteiger partial charge in [0.05, 0.1) is 12.1 Å². The van der Waals surface area contributed by atoms with Gasteiger partial charge in [-0.1, -0.05) is 23.4 Å². The van der Waals surface area contributed by atoms with Crippen molar-refractivity contribution in [3.63, 3.8) is 0 Å². The van der Waals surface area contributed by atoms with Crippen molar-refractivity contribution in [2.45, 2.75) is 19.8 Å². The van der Waals surface area contributed by atoms with E-state index in [1.807, 2.05) is 0 Å². The second-order valence-electron chi connectivity index (χ2n) is 6.04. The lowest BCUT2D eigenvalue weighted by atomic mass is 10.1. The van der Waals surface area contributed by atoms with Gasteiger partial charge in [0, 0.05) is 18.2 Å². The minimum absolute atomic E-state index is 0.0266. The summed E-state index contributed by atoms with van der Waals surface area (Å²) in [6.45, 7) is 0.940. The smallest absolute Gasteiger partial charge is 0.306 e. The summed E-state index contributed by atoms with van der Waals surface area (Å²) in [6.07, 6.45) is 1.76. The summed E-state index contributed by atoms with van der Waals surface area (Å²) >= 11 is 0. The number of rotatable bonds is 8. The molecule has 0 aliphatic carbocycles. The van der Waals surface area contributed by atoms with Gasteiger partial charge in [-0.2, -0.15) is 4.98 Å². The molecule has 29 heavy (non-hydrogen) atoms. The largest absolute Gasteiger partial charge is 0.456 e. The van der Waals surface area contributed by atoms with Crippen molar-refractivity contribution < 1.29 is 23.6 Å². The van der Waals surface area contributed by atoms with Crippen LogP contribution in [-0.4, -0.2) is 39.4 Å². The van der Waals surface area contributed by atoms with E-state index in [-0.39, 0.29) is 24.5 Å². The summed E-state index contributed by atoms with van der Waals surface area (Å²) in [5.74, 6) is -0.706. The molecule has 0 radical (unpaired) electrons. The Labute approximate surface area is 166 Å². The third-order valence-corrected chi connectivity index (χ3v) is 3.85. The molecule has 0 unspecified atom stereocenters. The van der Waals surface area contributed by atoms with Gasteiger partial charge in [0.25, 0.3) is 5.91 Å². The number of anilines is 1. The van der Waals surface area contributed by atoms with Crippen molar-refractivity contribution in [3.05, 3.63) is 60.1 Å². The van der Waals surface area contributed by atoms with Crippen LogP contribution in [0.3, 0.4) is 0 Å². The fourth-order valence-corrected chi connectivity index (χ4v) is 2.47. The molecule has 3 aromatic rings. The molecule has 2 aromatic heterocycles. The second-order valence-corrected chi connectivity index (χ2v) is 6.04. The molecule has 148 valence electrons. The second kappa shape index (κ2) is 9.36. The molecule has 1 aromatic carbocycles. The fraction of sp³-hybridized carbons (Fsp3) is 0.200. The Balaban J connectivity index is 1.45. The normalized spacial score (nSPS) is 10.4. The van der Waals surface area contributed by atoms with E-state index in [0.29, 0.717) is 22.8 Å². The Kier molecular flexibility index (Phi) is 6.41. The van der Waals surface area contributed by atoms with Gasteiger partial charge in [-0.25, -0.2) is 0 Å². The van der Waals surface area contributed by atoms with Crippen LogP contribution in [-0.2, 0) is 20.7 Å². The van der Waals surface area contributed by atoms with Gasteiger partial charge in [-0.3, -0.25) is 19.4 Å². The number of nitrogens with zero attached hydrogens (tertiary/aromatic N) is 3. The van der Waals surface area contributed by atoms with Crippen LogP contribution in [0.2, 0.25) is 0 Å². The minimum Gasteiger partial charge on any atom is -0.456 e. The third-order valence-electron chi connectivity index (χ3n) is 3.85. The molecule has 0 saturated heterocycles. The molecular weight excluding hydrogens is 376 g/mol. The van der Waals surface area contributed by atoms with Crippen LogP contribution < -0.4 is 5.32 Å². The lowest BCUT2D eigenvalue weighted by Crippen LogP contribution is -2.22. The summed E-state index contributed by atoms with van der Waals surface area (Å²) in [5, 5.41) is 6.37. The van der Waals surface area contributed by atoms with Crippen molar-refractivity contribution in [2.24, 2.45) is 0 Å². The SMILES string of the molecule is CC(=O)c1ccccc1NC(=O)COC(=O)CCc1nc(-c2ccccn2)no1. The number of carbonyl (C=O) groups is 3. The molecule has 1 amide bonds. The average Bonchev–Trinajstić information content (AvgIpc) is 3.21. The number of para-hydroxylation sites is 1. The maximum Gasteiger partial charge on any atom is 0.306 e. The van der Waals surface area contributed by atoms with E-state index in [2.05, 4.69) is 20.4 Å². The van der Waals surface area contributed by atoms with Gasteiger partial charge in [-0.05, 0) is 31.2 Å². The first kappa shape index (κ1) is 19.9. The van der Waals surface area contributed by atoms with Gasteiger partial charge < -0.3 is 14.6 Å². The lowest BCUT2D eigenvalue weighted by molar-refractivity contribution is -0.147. The monoisotopic (exact) mass is 394 g/mol. The number of amides is 1. The number of Topliss-reactive ketones (excluding diaryl/α,β-unsaturated/α-hetero) is 1. The maximum atomic E-state index is 12.0. The molecular formula is C20H18N4O5. The predicted octanol–water partition coefficient (Wildman–Crippen LogP) is 2.45. The Morgan fingerprint density at radius 3 is 2.66 bits per heavy atom. The molecule has 1 N–H and O–H groups in total. The van der Waals surface area contributed by atoms with E-state index in [1.165, 1.54) is 6.92 Å². The van der Waals surface area contributed by atoms with Crippen molar-refractivity contribution in [1.82, 2.24) is 15.1 Å². The first-order valence-corrected chi connectivity index (χ1v) is 8.82. The van der Waals surface area contributed by atoms with Crippen LogP contribution in [0.5, 0.6) is 0 Å². The molecule has 0 spiro atoms. The molecule has 0 atom stereocenters. The average molecular weight is 394 g/mol. The van der Waals surface area contributed by atoms with Crippen molar-refractivity contribution in [1.29, 1.82) is 0 Å². The molecule has 9 nitrogen and oxygen atoms in total. The van der Waals surface area contributed by atoms with E-state index in [1.54, 1.807) is 48.7 Å². The number of ketones is 1. The summed E-state index contributed by atoms with van der Waals surface area (Å²) in [7, 11) is 0. The molecule has 0 aliphatic rings. The van der Waals surface area contributed by atoms with Crippen LogP contribution in [0.4, 0.5) is 5.69 Å². The summed E-state index contributed by atoms with van der Waals surface area (Å²) in [4.78, 5) is 43.7. The molecule has 2 heterocycles. The number of ether oxygens (including phenoxy) is 1. The van der Waals surface area contributed by atoms with Gasteiger partial charge in [0.2, 0.25) is 11.7 Å². The van der Waals surface area contributed by atoms with E-state index in [9.17, 15) is 14.4 Å². The topological polar surface area (TPSA) is 124 Å². The highest BCUT2D eigenvalue weighted by Gasteiger charge is 2.14. The van der Waals surface area contributed by atoms with E-state index in [4.69, 9.17) is 9.26 Å². The first-order chi connectivity index (χ1) is 14.0. The van der Waals surface area contributed by atoms with Crippen molar-refractivity contribution >= 4 is 23.3 Å². The lowest BCUT2D eigenvalue weighted by Gasteiger charge is -2.09. The molecule has 0 fully saturated rings.